The number of anilines is 1. The van der Waals surface area contributed by atoms with Gasteiger partial charge in [-0.15, -0.1) is 0 Å². The van der Waals surface area contributed by atoms with Crippen molar-refractivity contribution in [3.05, 3.63) is 62.6 Å². The van der Waals surface area contributed by atoms with Gasteiger partial charge < -0.3 is 10.4 Å². The summed E-state index contributed by atoms with van der Waals surface area (Å²) < 4.78 is 0. The summed E-state index contributed by atoms with van der Waals surface area (Å²) in [5.41, 5.74) is 0.166. The zero-order chi connectivity index (χ0) is 15.6. The fourth-order valence-electron chi connectivity index (χ4n) is 1.65. The highest BCUT2D eigenvalue weighted by atomic mass is 35.5. The number of carboxylic acid groups (broad SMARTS) is 1. The van der Waals surface area contributed by atoms with Crippen LogP contribution in [-0.2, 0) is 0 Å². The molecule has 7 heteroatoms. The number of nitrogens with one attached hydrogen (secondary N) is 1. The van der Waals surface area contributed by atoms with E-state index in [0.717, 1.165) is 0 Å². The van der Waals surface area contributed by atoms with E-state index in [2.05, 4.69) is 5.32 Å². The Labute approximate surface area is 135 Å². The highest BCUT2D eigenvalue weighted by Gasteiger charge is 2.16. The van der Waals surface area contributed by atoms with Crippen LogP contribution in [0.25, 0.3) is 0 Å². The molecule has 0 saturated heterocycles. The fraction of sp³-hybridized carbons (Fsp3) is 0. The Morgan fingerprint density at radius 1 is 0.952 bits per heavy atom. The van der Waals surface area contributed by atoms with Crippen molar-refractivity contribution in [2.24, 2.45) is 0 Å². The normalized spacial score (nSPS) is 10.2. The molecular formula is C14H8Cl3NO3. The maximum Gasteiger partial charge on any atom is 0.337 e. The van der Waals surface area contributed by atoms with Gasteiger partial charge in [0.25, 0.3) is 5.91 Å². The minimum absolute atomic E-state index is 0.0303. The molecule has 0 atom stereocenters. The molecule has 21 heavy (non-hydrogen) atoms. The van der Waals surface area contributed by atoms with Gasteiger partial charge in [0.2, 0.25) is 0 Å². The summed E-state index contributed by atoms with van der Waals surface area (Å²) in [6, 6.07) is 8.65. The third-order valence-electron chi connectivity index (χ3n) is 2.66. The van der Waals surface area contributed by atoms with Crippen molar-refractivity contribution in [1.82, 2.24) is 0 Å². The lowest BCUT2D eigenvalue weighted by Crippen LogP contribution is -2.15. The summed E-state index contributed by atoms with van der Waals surface area (Å²) in [5.74, 6) is -1.73. The Morgan fingerprint density at radius 3 is 2.29 bits per heavy atom. The van der Waals surface area contributed by atoms with Crippen molar-refractivity contribution in [3.63, 3.8) is 0 Å². The molecule has 1 amide bonds. The van der Waals surface area contributed by atoms with Crippen LogP contribution in [0.4, 0.5) is 5.69 Å². The van der Waals surface area contributed by atoms with Crippen molar-refractivity contribution in [2.45, 2.75) is 0 Å². The molecule has 2 aromatic carbocycles. The fourth-order valence-corrected chi connectivity index (χ4v) is 2.17. The standard InChI is InChI=1S/C14H8Cl3NO3/c15-9-5-4-7(6-11(9)17)13(19)18-12-8(14(20)21)2-1-3-10(12)16/h1-6H,(H,18,19)(H,20,21). The van der Waals surface area contributed by atoms with Gasteiger partial charge in [0.05, 0.1) is 26.3 Å². The SMILES string of the molecule is O=C(Nc1c(Cl)cccc1C(=O)O)c1ccc(Cl)c(Cl)c1. The summed E-state index contributed by atoms with van der Waals surface area (Å²) in [6.07, 6.45) is 0. The highest BCUT2D eigenvalue weighted by Crippen LogP contribution is 2.28. The molecule has 0 aliphatic heterocycles. The molecule has 0 aromatic heterocycles. The molecule has 0 saturated carbocycles. The minimum Gasteiger partial charge on any atom is -0.478 e. The second-order valence-corrected chi connectivity index (χ2v) is 5.27. The number of aromatic carboxylic acids is 1. The average Bonchev–Trinajstić information content (AvgIpc) is 2.43. The van der Waals surface area contributed by atoms with Crippen molar-refractivity contribution < 1.29 is 14.7 Å². The number of amides is 1. The first-order chi connectivity index (χ1) is 9.90. The molecule has 4 nitrogen and oxygen atoms in total. The van der Waals surface area contributed by atoms with E-state index in [0.29, 0.717) is 5.02 Å². The molecule has 2 N–H and O–H groups in total. The van der Waals surface area contributed by atoms with Crippen LogP contribution >= 0.6 is 34.8 Å². The number of halogens is 3. The van der Waals surface area contributed by atoms with E-state index in [-0.39, 0.29) is 26.9 Å². The third kappa shape index (κ3) is 3.47. The maximum atomic E-state index is 12.1. The van der Waals surface area contributed by atoms with Crippen molar-refractivity contribution >= 4 is 52.4 Å². The minimum atomic E-state index is -1.19. The number of para-hydroxylation sites is 1. The Bertz CT molecular complexity index is 731. The van der Waals surface area contributed by atoms with E-state index in [1.165, 1.54) is 36.4 Å². The van der Waals surface area contributed by atoms with E-state index >= 15 is 0 Å². The van der Waals surface area contributed by atoms with Crippen LogP contribution in [0.15, 0.2) is 36.4 Å². The predicted octanol–water partition coefficient (Wildman–Crippen LogP) is 4.60. The van der Waals surface area contributed by atoms with Crippen LogP contribution in [0.3, 0.4) is 0 Å². The Hall–Kier alpha value is -1.75. The predicted molar refractivity (Wildman–Crippen MR) is 82.8 cm³/mol. The quantitative estimate of drug-likeness (QED) is 0.855. The van der Waals surface area contributed by atoms with Gasteiger partial charge in [0.1, 0.15) is 0 Å². The molecule has 0 aliphatic rings. The van der Waals surface area contributed by atoms with E-state index < -0.39 is 11.9 Å². The van der Waals surface area contributed by atoms with Gasteiger partial charge in [-0.1, -0.05) is 40.9 Å². The van der Waals surface area contributed by atoms with Crippen LogP contribution in [0.5, 0.6) is 0 Å². The number of carbonyl (C=O) groups is 2. The Balaban J connectivity index is 2.36. The first-order valence-electron chi connectivity index (χ1n) is 5.68. The smallest absolute Gasteiger partial charge is 0.337 e. The van der Waals surface area contributed by atoms with Crippen LogP contribution in [-0.4, -0.2) is 17.0 Å². The maximum absolute atomic E-state index is 12.1. The zero-order valence-electron chi connectivity index (χ0n) is 10.4. The van der Waals surface area contributed by atoms with Crippen molar-refractivity contribution in [2.75, 3.05) is 5.32 Å². The summed E-state index contributed by atoms with van der Waals surface area (Å²) in [6.45, 7) is 0. The number of rotatable bonds is 3. The van der Waals surface area contributed by atoms with Gasteiger partial charge in [0, 0.05) is 5.56 Å². The molecule has 0 radical (unpaired) electrons. The second kappa shape index (κ2) is 6.35. The van der Waals surface area contributed by atoms with Crippen molar-refractivity contribution in [3.8, 4) is 0 Å². The van der Waals surface area contributed by atoms with Crippen LogP contribution in [0, 0.1) is 0 Å². The monoisotopic (exact) mass is 343 g/mol. The Morgan fingerprint density at radius 2 is 1.67 bits per heavy atom. The molecule has 0 aliphatic carbocycles. The zero-order valence-corrected chi connectivity index (χ0v) is 12.6. The lowest BCUT2D eigenvalue weighted by molar-refractivity contribution is 0.0698. The molecule has 0 unspecified atom stereocenters. The number of hydrogen-bond acceptors (Lipinski definition) is 2. The molecular weight excluding hydrogens is 337 g/mol. The summed E-state index contributed by atoms with van der Waals surface area (Å²) in [4.78, 5) is 23.3. The first kappa shape index (κ1) is 15.6. The van der Waals surface area contributed by atoms with Gasteiger partial charge in [0.15, 0.2) is 0 Å². The summed E-state index contributed by atoms with van der Waals surface area (Å²) >= 11 is 17.6. The number of benzene rings is 2. The van der Waals surface area contributed by atoms with E-state index in [9.17, 15) is 9.59 Å². The van der Waals surface area contributed by atoms with Crippen LogP contribution < -0.4 is 5.32 Å². The molecule has 2 aromatic rings. The van der Waals surface area contributed by atoms with Gasteiger partial charge >= 0.3 is 5.97 Å². The first-order valence-corrected chi connectivity index (χ1v) is 6.81. The van der Waals surface area contributed by atoms with E-state index in [1.807, 2.05) is 0 Å². The lowest BCUT2D eigenvalue weighted by atomic mass is 10.1. The molecule has 108 valence electrons. The number of carboxylic acids is 1. The number of hydrogen-bond donors (Lipinski definition) is 2. The highest BCUT2D eigenvalue weighted by molar-refractivity contribution is 6.42. The van der Waals surface area contributed by atoms with Gasteiger partial charge in [-0.3, -0.25) is 4.79 Å². The van der Waals surface area contributed by atoms with Crippen LogP contribution in [0.2, 0.25) is 15.1 Å². The molecule has 0 fully saturated rings. The van der Waals surface area contributed by atoms with Crippen molar-refractivity contribution in [1.29, 1.82) is 0 Å². The molecule has 2 rings (SSSR count). The summed E-state index contributed by atoms with van der Waals surface area (Å²) in [7, 11) is 0. The summed E-state index contributed by atoms with van der Waals surface area (Å²) in [5, 5.41) is 12.2. The number of carbonyl (C=O) groups excluding carboxylic acids is 1. The second-order valence-electron chi connectivity index (χ2n) is 4.05. The molecule has 0 heterocycles. The van der Waals surface area contributed by atoms with E-state index in [1.54, 1.807) is 0 Å². The van der Waals surface area contributed by atoms with Gasteiger partial charge in [-0.25, -0.2) is 4.79 Å². The topological polar surface area (TPSA) is 66.4 Å². The Kier molecular flexibility index (Phi) is 4.73. The third-order valence-corrected chi connectivity index (χ3v) is 3.72. The van der Waals surface area contributed by atoms with Crippen LogP contribution in [0.1, 0.15) is 20.7 Å². The lowest BCUT2D eigenvalue weighted by Gasteiger charge is -2.10. The van der Waals surface area contributed by atoms with E-state index in [4.69, 9.17) is 39.9 Å². The van der Waals surface area contributed by atoms with Gasteiger partial charge in [-0.05, 0) is 30.3 Å². The average molecular weight is 345 g/mol. The molecule has 0 spiro atoms. The largest absolute Gasteiger partial charge is 0.478 e. The molecule has 0 bridgehead atoms. The van der Waals surface area contributed by atoms with Gasteiger partial charge in [-0.2, -0.15) is 0 Å².